The molecule has 0 spiro atoms. The average Bonchev–Trinajstić information content (AvgIpc) is 2.82. The van der Waals surface area contributed by atoms with Crippen LogP contribution >= 0.6 is 27.3 Å². The van der Waals surface area contributed by atoms with Gasteiger partial charge >= 0.3 is 0 Å². The van der Waals surface area contributed by atoms with Crippen LogP contribution in [0.4, 0.5) is 0 Å². The molecule has 0 aliphatic rings. The second-order valence-corrected chi connectivity index (χ2v) is 8.18. The Morgan fingerprint density at radius 2 is 2.11 bits per heavy atom. The molecule has 0 radical (unpaired) electrons. The van der Waals surface area contributed by atoms with Gasteiger partial charge in [0.2, 0.25) is 10.0 Å². The topological polar surface area (TPSA) is 59.3 Å². The van der Waals surface area contributed by atoms with Crippen LogP contribution in [0.3, 0.4) is 0 Å². The van der Waals surface area contributed by atoms with E-state index in [1.54, 1.807) is 25.1 Å². The van der Waals surface area contributed by atoms with Crippen molar-refractivity contribution >= 4 is 37.3 Å². The van der Waals surface area contributed by atoms with Gasteiger partial charge < -0.3 is 4.42 Å². The van der Waals surface area contributed by atoms with Gasteiger partial charge in [0.1, 0.15) is 11.5 Å². The fourth-order valence-corrected chi connectivity index (χ4v) is 4.93. The molecule has 0 aliphatic carbocycles. The van der Waals surface area contributed by atoms with Crippen molar-refractivity contribution in [3.8, 4) is 0 Å². The number of hydrogen-bond acceptors (Lipinski definition) is 4. The summed E-state index contributed by atoms with van der Waals surface area (Å²) in [4.78, 5) is 1.06. The Hall–Kier alpha value is -0.630. The van der Waals surface area contributed by atoms with Crippen molar-refractivity contribution in [3.63, 3.8) is 0 Å². The van der Waals surface area contributed by atoms with Crippen LogP contribution in [0.25, 0.3) is 0 Å². The van der Waals surface area contributed by atoms with Gasteiger partial charge in [0.15, 0.2) is 0 Å². The van der Waals surface area contributed by atoms with Gasteiger partial charge in [-0.05, 0) is 48.0 Å². The predicted octanol–water partition coefficient (Wildman–Crippen LogP) is 3.20. The second-order valence-electron chi connectivity index (χ2n) is 3.81. The third-order valence-electron chi connectivity index (χ3n) is 2.36. The van der Waals surface area contributed by atoms with Crippen LogP contribution in [0, 0.1) is 13.8 Å². The van der Waals surface area contributed by atoms with Gasteiger partial charge in [-0.3, -0.25) is 0 Å². The fraction of sp³-hybridized carbons (Fsp3) is 0.273. The van der Waals surface area contributed by atoms with E-state index in [0.717, 1.165) is 14.4 Å². The molecule has 0 aromatic carbocycles. The maximum absolute atomic E-state index is 12.1. The molecule has 0 saturated heterocycles. The minimum Gasteiger partial charge on any atom is -0.465 e. The Morgan fingerprint density at radius 1 is 1.39 bits per heavy atom. The van der Waals surface area contributed by atoms with Gasteiger partial charge in [0.25, 0.3) is 0 Å². The van der Waals surface area contributed by atoms with Crippen LogP contribution in [0.15, 0.2) is 31.3 Å². The molecule has 2 aromatic heterocycles. The van der Waals surface area contributed by atoms with E-state index in [1.807, 2.05) is 6.92 Å². The van der Waals surface area contributed by atoms with Crippen LogP contribution in [0.2, 0.25) is 0 Å². The fourth-order valence-electron chi connectivity index (χ4n) is 1.52. The van der Waals surface area contributed by atoms with Crippen molar-refractivity contribution in [3.05, 3.63) is 38.4 Å². The Morgan fingerprint density at radius 3 is 2.61 bits per heavy atom. The summed E-state index contributed by atoms with van der Waals surface area (Å²) < 4.78 is 32.8. The third kappa shape index (κ3) is 3.03. The largest absolute Gasteiger partial charge is 0.465 e. The first-order valence-electron chi connectivity index (χ1n) is 5.19. The number of hydrogen-bond donors (Lipinski definition) is 1. The quantitative estimate of drug-likeness (QED) is 0.921. The van der Waals surface area contributed by atoms with E-state index >= 15 is 0 Å². The minimum absolute atomic E-state index is 0.156. The van der Waals surface area contributed by atoms with Crippen molar-refractivity contribution in [1.82, 2.24) is 4.72 Å². The van der Waals surface area contributed by atoms with Gasteiger partial charge in [-0.1, -0.05) is 0 Å². The molecule has 0 unspecified atom stereocenters. The van der Waals surface area contributed by atoms with Crippen LogP contribution in [0.1, 0.15) is 16.4 Å². The molecule has 98 valence electrons. The highest BCUT2D eigenvalue weighted by atomic mass is 79.9. The molecule has 0 saturated carbocycles. The summed E-state index contributed by atoms with van der Waals surface area (Å²) in [6.45, 7) is 3.75. The smallest absolute Gasteiger partial charge is 0.242 e. The Kier molecular flexibility index (Phi) is 3.96. The lowest BCUT2D eigenvalue weighted by molar-refractivity contribution is 0.475. The van der Waals surface area contributed by atoms with Gasteiger partial charge in [-0.2, -0.15) is 0 Å². The zero-order chi connectivity index (χ0) is 13.3. The summed E-state index contributed by atoms with van der Waals surface area (Å²) >= 11 is 4.68. The number of aryl methyl sites for hydroxylation is 2. The number of rotatable bonds is 4. The number of halogens is 1. The van der Waals surface area contributed by atoms with Crippen LogP contribution < -0.4 is 4.72 Å². The summed E-state index contributed by atoms with van der Waals surface area (Å²) in [5, 5.41) is 0. The number of furan rings is 1. The first-order valence-corrected chi connectivity index (χ1v) is 8.28. The predicted molar refractivity (Wildman–Crippen MR) is 74.2 cm³/mol. The summed E-state index contributed by atoms with van der Waals surface area (Å²) in [6.07, 6.45) is 0. The monoisotopic (exact) mass is 349 g/mol. The van der Waals surface area contributed by atoms with Crippen molar-refractivity contribution in [1.29, 1.82) is 0 Å². The van der Waals surface area contributed by atoms with E-state index in [4.69, 9.17) is 4.42 Å². The van der Waals surface area contributed by atoms with Crippen molar-refractivity contribution < 1.29 is 12.8 Å². The van der Waals surface area contributed by atoms with E-state index in [-0.39, 0.29) is 6.54 Å². The number of nitrogens with one attached hydrogen (secondary N) is 1. The van der Waals surface area contributed by atoms with Gasteiger partial charge in [0, 0.05) is 4.88 Å². The first kappa shape index (κ1) is 13.8. The highest BCUT2D eigenvalue weighted by molar-refractivity contribution is 9.11. The van der Waals surface area contributed by atoms with Crippen molar-refractivity contribution in [2.24, 2.45) is 0 Å². The lowest BCUT2D eigenvalue weighted by atomic mass is 10.4. The average molecular weight is 350 g/mol. The van der Waals surface area contributed by atoms with Crippen LogP contribution in [-0.4, -0.2) is 8.42 Å². The minimum atomic E-state index is -3.49. The molecule has 0 bridgehead atoms. The highest BCUT2D eigenvalue weighted by Crippen LogP contribution is 2.29. The molecule has 2 rings (SSSR count). The van der Waals surface area contributed by atoms with E-state index in [2.05, 4.69) is 20.7 Å². The lowest BCUT2D eigenvalue weighted by Gasteiger charge is -2.04. The summed E-state index contributed by atoms with van der Waals surface area (Å²) in [5.41, 5.74) is 0. The molecular formula is C11H12BrNO3S2. The highest BCUT2D eigenvalue weighted by Gasteiger charge is 2.19. The molecule has 0 aliphatic heterocycles. The molecule has 0 fully saturated rings. The Labute approximate surface area is 118 Å². The number of thiophene rings is 1. The van der Waals surface area contributed by atoms with Crippen LogP contribution in [0.5, 0.6) is 0 Å². The Balaban J connectivity index is 2.15. The van der Waals surface area contributed by atoms with Gasteiger partial charge in [-0.25, -0.2) is 13.1 Å². The maximum atomic E-state index is 12.1. The molecule has 7 heteroatoms. The maximum Gasteiger partial charge on any atom is 0.242 e. The normalized spacial score (nSPS) is 11.9. The third-order valence-corrected chi connectivity index (χ3v) is 5.57. The zero-order valence-corrected chi connectivity index (χ0v) is 13.1. The standard InChI is InChI=1S/C11H12BrNO3S2/c1-7-3-4-9(16-7)6-13-18(14,15)10-5-11(12)17-8(10)2/h3-5,13H,6H2,1-2H3. The molecule has 4 nitrogen and oxygen atoms in total. The second kappa shape index (κ2) is 5.16. The lowest BCUT2D eigenvalue weighted by Crippen LogP contribution is -2.23. The molecular weight excluding hydrogens is 338 g/mol. The molecule has 0 atom stereocenters. The SMILES string of the molecule is Cc1ccc(CNS(=O)(=O)c2cc(Br)sc2C)o1. The van der Waals surface area contributed by atoms with E-state index in [1.165, 1.54) is 11.3 Å². The van der Waals surface area contributed by atoms with E-state index in [9.17, 15) is 8.42 Å². The van der Waals surface area contributed by atoms with Crippen molar-refractivity contribution in [2.75, 3.05) is 0 Å². The van der Waals surface area contributed by atoms with Crippen LogP contribution in [-0.2, 0) is 16.6 Å². The zero-order valence-electron chi connectivity index (χ0n) is 9.86. The number of sulfonamides is 1. The Bertz CT molecular complexity index is 658. The molecule has 2 aromatic rings. The first-order chi connectivity index (χ1) is 8.38. The molecule has 18 heavy (non-hydrogen) atoms. The summed E-state index contributed by atoms with van der Waals surface area (Å²) in [7, 11) is -3.49. The molecule has 1 N–H and O–H groups in total. The van der Waals surface area contributed by atoms with Crippen molar-refractivity contribution in [2.45, 2.75) is 25.3 Å². The van der Waals surface area contributed by atoms with E-state index < -0.39 is 10.0 Å². The molecule has 0 amide bonds. The van der Waals surface area contributed by atoms with E-state index in [0.29, 0.717) is 10.7 Å². The summed E-state index contributed by atoms with van der Waals surface area (Å²) in [6, 6.07) is 5.17. The molecule has 2 heterocycles. The van der Waals surface area contributed by atoms with Gasteiger partial charge in [-0.15, -0.1) is 11.3 Å². The van der Waals surface area contributed by atoms with Gasteiger partial charge in [0.05, 0.1) is 15.2 Å². The summed E-state index contributed by atoms with van der Waals surface area (Å²) in [5.74, 6) is 1.36.